The molecular weight excluding hydrogens is 264 g/mol. The average molecular weight is 282 g/mol. The number of carbonyl (C=O) groups is 2. The third kappa shape index (κ3) is 3.92. The molecule has 0 spiro atoms. The average Bonchev–Trinajstić information content (AvgIpc) is 2.43. The second kappa shape index (κ2) is 6.22. The van der Waals surface area contributed by atoms with E-state index in [0.717, 1.165) is 11.1 Å². The Bertz CT molecular complexity index is 676. The van der Waals surface area contributed by atoms with Gasteiger partial charge in [-0.3, -0.25) is 9.59 Å². The van der Waals surface area contributed by atoms with Crippen LogP contribution in [-0.2, 0) is 4.79 Å². The molecule has 2 aromatic carbocycles. The van der Waals surface area contributed by atoms with E-state index in [2.05, 4.69) is 10.6 Å². The molecule has 0 aliphatic carbocycles. The first-order valence-corrected chi connectivity index (χ1v) is 6.72. The highest BCUT2D eigenvalue weighted by Gasteiger charge is 2.09. The summed E-state index contributed by atoms with van der Waals surface area (Å²) in [6.45, 7) is 5.32. The molecule has 0 aliphatic heterocycles. The van der Waals surface area contributed by atoms with Crippen LogP contribution in [0.2, 0.25) is 0 Å². The highest BCUT2D eigenvalue weighted by Crippen LogP contribution is 2.16. The monoisotopic (exact) mass is 282 g/mol. The molecule has 0 saturated carbocycles. The molecule has 4 nitrogen and oxygen atoms in total. The van der Waals surface area contributed by atoms with Gasteiger partial charge in [0.25, 0.3) is 5.91 Å². The fourth-order valence-corrected chi connectivity index (χ4v) is 2.02. The first-order chi connectivity index (χ1) is 9.95. The van der Waals surface area contributed by atoms with Gasteiger partial charge >= 0.3 is 0 Å². The standard InChI is InChI=1S/C17H18N2O2/c1-11-4-5-12(2)16(10-11)17(21)19-15-8-6-14(7-9-15)18-13(3)20/h4-10H,1-3H3,(H,18,20)(H,19,21). The molecule has 2 rings (SSSR count). The van der Waals surface area contributed by atoms with Crippen molar-refractivity contribution in [1.82, 2.24) is 0 Å². The van der Waals surface area contributed by atoms with Gasteiger partial charge in [-0.25, -0.2) is 0 Å². The summed E-state index contributed by atoms with van der Waals surface area (Å²) in [6, 6.07) is 12.8. The van der Waals surface area contributed by atoms with E-state index in [1.807, 2.05) is 32.0 Å². The Labute approximate surface area is 124 Å². The van der Waals surface area contributed by atoms with Crippen molar-refractivity contribution < 1.29 is 9.59 Å². The van der Waals surface area contributed by atoms with Gasteiger partial charge in [0.2, 0.25) is 5.91 Å². The molecule has 0 radical (unpaired) electrons. The Morgan fingerprint density at radius 3 is 2.00 bits per heavy atom. The number of anilines is 2. The van der Waals surface area contributed by atoms with Gasteiger partial charge in [-0.15, -0.1) is 0 Å². The summed E-state index contributed by atoms with van der Waals surface area (Å²) in [5, 5.41) is 5.54. The number of rotatable bonds is 3. The van der Waals surface area contributed by atoms with E-state index in [0.29, 0.717) is 16.9 Å². The fourth-order valence-electron chi connectivity index (χ4n) is 2.02. The summed E-state index contributed by atoms with van der Waals surface area (Å²) in [6.07, 6.45) is 0. The minimum absolute atomic E-state index is 0.123. The summed E-state index contributed by atoms with van der Waals surface area (Å²) in [7, 11) is 0. The topological polar surface area (TPSA) is 58.2 Å². The van der Waals surface area contributed by atoms with Gasteiger partial charge in [0, 0.05) is 23.9 Å². The number of aryl methyl sites for hydroxylation is 2. The SMILES string of the molecule is CC(=O)Nc1ccc(NC(=O)c2cc(C)ccc2C)cc1. The summed E-state index contributed by atoms with van der Waals surface area (Å²) in [4.78, 5) is 23.2. The Balaban J connectivity index is 2.12. The Morgan fingerprint density at radius 2 is 1.43 bits per heavy atom. The first-order valence-electron chi connectivity index (χ1n) is 6.72. The molecule has 0 unspecified atom stereocenters. The zero-order valence-corrected chi connectivity index (χ0v) is 12.4. The summed E-state index contributed by atoms with van der Waals surface area (Å²) in [5.74, 6) is -0.259. The largest absolute Gasteiger partial charge is 0.326 e. The maximum absolute atomic E-state index is 12.3. The van der Waals surface area contributed by atoms with Crippen LogP contribution in [0.1, 0.15) is 28.4 Å². The van der Waals surface area contributed by atoms with Crippen molar-refractivity contribution in [3.63, 3.8) is 0 Å². The van der Waals surface area contributed by atoms with Gasteiger partial charge in [0.05, 0.1) is 0 Å². The highest BCUT2D eigenvalue weighted by atomic mass is 16.2. The molecule has 108 valence electrons. The normalized spacial score (nSPS) is 10.0. The third-order valence-electron chi connectivity index (χ3n) is 3.10. The van der Waals surface area contributed by atoms with Gasteiger partial charge in [0.15, 0.2) is 0 Å². The molecule has 0 fully saturated rings. The van der Waals surface area contributed by atoms with Gasteiger partial charge in [-0.05, 0) is 49.7 Å². The number of benzene rings is 2. The van der Waals surface area contributed by atoms with Crippen molar-refractivity contribution in [3.8, 4) is 0 Å². The molecule has 2 N–H and O–H groups in total. The van der Waals surface area contributed by atoms with E-state index in [-0.39, 0.29) is 11.8 Å². The van der Waals surface area contributed by atoms with Gasteiger partial charge < -0.3 is 10.6 Å². The van der Waals surface area contributed by atoms with Crippen LogP contribution in [0.5, 0.6) is 0 Å². The molecule has 0 aromatic heterocycles. The lowest BCUT2D eigenvalue weighted by atomic mass is 10.1. The molecule has 0 saturated heterocycles. The van der Waals surface area contributed by atoms with Gasteiger partial charge in [0.1, 0.15) is 0 Å². The lowest BCUT2D eigenvalue weighted by Crippen LogP contribution is -2.13. The lowest BCUT2D eigenvalue weighted by Gasteiger charge is -2.09. The number of amides is 2. The van der Waals surface area contributed by atoms with Gasteiger partial charge in [-0.1, -0.05) is 17.7 Å². The Morgan fingerprint density at radius 1 is 0.857 bits per heavy atom. The first kappa shape index (κ1) is 14.8. The predicted molar refractivity (Wildman–Crippen MR) is 84.6 cm³/mol. The van der Waals surface area contributed by atoms with Crippen molar-refractivity contribution in [2.45, 2.75) is 20.8 Å². The summed E-state index contributed by atoms with van der Waals surface area (Å²) >= 11 is 0. The van der Waals surface area contributed by atoms with Crippen molar-refractivity contribution >= 4 is 23.2 Å². The minimum atomic E-state index is -0.136. The summed E-state index contributed by atoms with van der Waals surface area (Å²) in [5.41, 5.74) is 4.04. The molecule has 0 heterocycles. The fraction of sp³-hybridized carbons (Fsp3) is 0.176. The van der Waals surface area contributed by atoms with Crippen molar-refractivity contribution in [1.29, 1.82) is 0 Å². The number of hydrogen-bond acceptors (Lipinski definition) is 2. The molecule has 4 heteroatoms. The van der Waals surface area contributed by atoms with Crippen LogP contribution in [-0.4, -0.2) is 11.8 Å². The number of hydrogen-bond donors (Lipinski definition) is 2. The van der Waals surface area contributed by atoms with E-state index in [1.165, 1.54) is 6.92 Å². The molecule has 0 atom stereocenters. The zero-order chi connectivity index (χ0) is 15.4. The Kier molecular flexibility index (Phi) is 4.38. The van der Waals surface area contributed by atoms with E-state index in [4.69, 9.17) is 0 Å². The summed E-state index contributed by atoms with van der Waals surface area (Å²) < 4.78 is 0. The lowest BCUT2D eigenvalue weighted by molar-refractivity contribution is -0.114. The second-order valence-corrected chi connectivity index (χ2v) is 5.03. The molecule has 0 aliphatic rings. The molecular formula is C17H18N2O2. The second-order valence-electron chi connectivity index (χ2n) is 5.03. The van der Waals surface area contributed by atoms with E-state index in [1.54, 1.807) is 24.3 Å². The molecule has 0 bridgehead atoms. The van der Waals surface area contributed by atoms with Crippen LogP contribution < -0.4 is 10.6 Å². The van der Waals surface area contributed by atoms with Crippen LogP contribution in [0.3, 0.4) is 0 Å². The smallest absolute Gasteiger partial charge is 0.255 e. The van der Waals surface area contributed by atoms with E-state index >= 15 is 0 Å². The number of nitrogens with one attached hydrogen (secondary N) is 2. The van der Waals surface area contributed by atoms with Crippen LogP contribution in [0.25, 0.3) is 0 Å². The maximum Gasteiger partial charge on any atom is 0.255 e. The number of carbonyl (C=O) groups excluding carboxylic acids is 2. The van der Waals surface area contributed by atoms with E-state index in [9.17, 15) is 9.59 Å². The zero-order valence-electron chi connectivity index (χ0n) is 12.4. The molecule has 21 heavy (non-hydrogen) atoms. The van der Waals surface area contributed by atoms with Crippen LogP contribution in [0, 0.1) is 13.8 Å². The van der Waals surface area contributed by atoms with E-state index < -0.39 is 0 Å². The van der Waals surface area contributed by atoms with Crippen LogP contribution in [0.15, 0.2) is 42.5 Å². The van der Waals surface area contributed by atoms with Crippen LogP contribution >= 0.6 is 0 Å². The molecule has 2 amide bonds. The van der Waals surface area contributed by atoms with Crippen molar-refractivity contribution in [2.24, 2.45) is 0 Å². The van der Waals surface area contributed by atoms with Crippen molar-refractivity contribution in [3.05, 3.63) is 59.2 Å². The quantitative estimate of drug-likeness (QED) is 0.905. The maximum atomic E-state index is 12.3. The molecule has 2 aromatic rings. The Hall–Kier alpha value is -2.62. The third-order valence-corrected chi connectivity index (χ3v) is 3.10. The van der Waals surface area contributed by atoms with Gasteiger partial charge in [-0.2, -0.15) is 0 Å². The van der Waals surface area contributed by atoms with Crippen molar-refractivity contribution in [2.75, 3.05) is 10.6 Å². The van der Waals surface area contributed by atoms with Crippen LogP contribution in [0.4, 0.5) is 11.4 Å². The predicted octanol–water partition coefficient (Wildman–Crippen LogP) is 3.51. The minimum Gasteiger partial charge on any atom is -0.326 e. The highest BCUT2D eigenvalue weighted by molar-refractivity contribution is 6.05.